The molecular weight excluding hydrogens is 266 g/mol. The van der Waals surface area contributed by atoms with Crippen molar-refractivity contribution in [2.24, 2.45) is 0 Å². The van der Waals surface area contributed by atoms with E-state index in [0.717, 1.165) is 6.42 Å². The summed E-state index contributed by atoms with van der Waals surface area (Å²) in [4.78, 5) is 11.6. The molecule has 0 spiro atoms. The number of rotatable bonds is 6. The molecule has 102 valence electrons. The summed E-state index contributed by atoms with van der Waals surface area (Å²) in [6.07, 6.45) is 0.755. The van der Waals surface area contributed by atoms with Gasteiger partial charge in [-0.2, -0.15) is 5.26 Å². The van der Waals surface area contributed by atoms with Crippen molar-refractivity contribution < 1.29 is 9.53 Å². The molecule has 0 radical (unpaired) electrons. The third-order valence-corrected chi connectivity index (χ3v) is 2.63. The number of halogens is 1. The van der Waals surface area contributed by atoms with Crippen LogP contribution in [-0.2, 0) is 4.74 Å². The Morgan fingerprint density at radius 1 is 1.53 bits per heavy atom. The Hall–Kier alpha value is -1.77. The van der Waals surface area contributed by atoms with E-state index in [9.17, 15) is 4.79 Å². The minimum atomic E-state index is -0.317. The average molecular weight is 282 g/mol. The molecular formula is C13H16ClN3O2. The number of hydrogen-bond acceptors (Lipinski definition) is 3. The Kier molecular flexibility index (Phi) is 6.72. The summed E-state index contributed by atoms with van der Waals surface area (Å²) in [7, 11) is 0. The first-order valence-corrected chi connectivity index (χ1v) is 6.37. The molecule has 1 rings (SSSR count). The Morgan fingerprint density at radius 2 is 2.32 bits per heavy atom. The summed E-state index contributed by atoms with van der Waals surface area (Å²) >= 11 is 5.80. The van der Waals surface area contributed by atoms with E-state index in [1.54, 1.807) is 12.1 Å². The number of urea groups is 1. The van der Waals surface area contributed by atoms with Crippen molar-refractivity contribution in [3.63, 3.8) is 0 Å². The van der Waals surface area contributed by atoms with Crippen molar-refractivity contribution in [2.45, 2.75) is 13.3 Å². The molecule has 0 aliphatic heterocycles. The van der Waals surface area contributed by atoms with Crippen molar-refractivity contribution >= 4 is 23.3 Å². The molecule has 0 saturated carbocycles. The van der Waals surface area contributed by atoms with Gasteiger partial charge >= 0.3 is 6.03 Å². The van der Waals surface area contributed by atoms with Gasteiger partial charge in [0.1, 0.15) is 6.07 Å². The van der Waals surface area contributed by atoms with E-state index in [1.807, 2.05) is 13.0 Å². The highest BCUT2D eigenvalue weighted by Crippen LogP contribution is 2.19. The van der Waals surface area contributed by atoms with Crippen molar-refractivity contribution in [3.05, 3.63) is 28.8 Å². The molecule has 0 saturated heterocycles. The molecule has 0 unspecified atom stereocenters. The van der Waals surface area contributed by atoms with Crippen LogP contribution in [0.4, 0.5) is 10.5 Å². The predicted octanol–water partition coefficient (Wildman–Crippen LogP) is 2.76. The van der Waals surface area contributed by atoms with Crippen LogP contribution in [0.3, 0.4) is 0 Å². The van der Waals surface area contributed by atoms with Gasteiger partial charge in [-0.05, 0) is 31.5 Å². The van der Waals surface area contributed by atoms with Crippen LogP contribution in [0.2, 0.25) is 5.02 Å². The summed E-state index contributed by atoms with van der Waals surface area (Å²) in [5, 5.41) is 14.5. The first-order valence-electron chi connectivity index (χ1n) is 5.99. The topological polar surface area (TPSA) is 74.2 Å². The largest absolute Gasteiger partial charge is 0.382 e. The summed E-state index contributed by atoms with van der Waals surface area (Å²) in [6, 6.07) is 6.38. The number of ether oxygens (including phenoxy) is 1. The lowest BCUT2D eigenvalue weighted by Gasteiger charge is -2.08. The summed E-state index contributed by atoms with van der Waals surface area (Å²) in [6.45, 7) is 3.75. The second-order valence-electron chi connectivity index (χ2n) is 3.74. The first-order chi connectivity index (χ1) is 9.17. The van der Waals surface area contributed by atoms with Crippen LogP contribution in [0, 0.1) is 11.3 Å². The lowest BCUT2D eigenvalue weighted by molar-refractivity contribution is 0.145. The van der Waals surface area contributed by atoms with Gasteiger partial charge in [-0.3, -0.25) is 0 Å². The molecule has 1 aromatic carbocycles. The SMILES string of the molecule is CCOCCCNC(=O)Nc1ccc(Cl)c(C#N)c1. The fourth-order valence-corrected chi connectivity index (χ4v) is 1.54. The van der Waals surface area contributed by atoms with Crippen LogP contribution >= 0.6 is 11.6 Å². The maximum atomic E-state index is 11.6. The quantitative estimate of drug-likeness (QED) is 0.787. The monoisotopic (exact) mass is 281 g/mol. The maximum Gasteiger partial charge on any atom is 0.319 e. The summed E-state index contributed by atoms with van der Waals surface area (Å²) < 4.78 is 5.15. The van der Waals surface area contributed by atoms with Gasteiger partial charge in [-0.1, -0.05) is 11.6 Å². The molecule has 0 aromatic heterocycles. The van der Waals surface area contributed by atoms with Crippen molar-refractivity contribution in [2.75, 3.05) is 25.1 Å². The molecule has 0 fully saturated rings. The van der Waals surface area contributed by atoms with Crippen LogP contribution in [0.25, 0.3) is 0 Å². The fourth-order valence-electron chi connectivity index (χ4n) is 1.38. The van der Waals surface area contributed by atoms with Crippen molar-refractivity contribution in [1.82, 2.24) is 5.32 Å². The molecule has 1 aromatic rings. The van der Waals surface area contributed by atoms with Gasteiger partial charge in [0, 0.05) is 25.4 Å². The second kappa shape index (κ2) is 8.35. The standard InChI is InChI=1S/C13H16ClN3O2/c1-2-19-7-3-6-16-13(18)17-11-4-5-12(14)10(8-11)9-15/h4-5,8H,2-3,6-7H2,1H3,(H2,16,17,18). The molecule has 0 bridgehead atoms. The fraction of sp³-hybridized carbons (Fsp3) is 0.385. The average Bonchev–Trinajstić information content (AvgIpc) is 2.40. The normalized spacial score (nSPS) is 9.74. The number of carbonyl (C=O) groups excluding carboxylic acids is 1. The van der Waals surface area contributed by atoms with E-state index in [1.165, 1.54) is 6.07 Å². The molecule has 2 amide bonds. The minimum absolute atomic E-state index is 0.317. The van der Waals surface area contributed by atoms with E-state index >= 15 is 0 Å². The second-order valence-corrected chi connectivity index (χ2v) is 4.15. The van der Waals surface area contributed by atoms with Crippen molar-refractivity contribution in [3.8, 4) is 6.07 Å². The van der Waals surface area contributed by atoms with Crippen LogP contribution in [0.1, 0.15) is 18.9 Å². The highest BCUT2D eigenvalue weighted by molar-refractivity contribution is 6.31. The van der Waals surface area contributed by atoms with Crippen molar-refractivity contribution in [1.29, 1.82) is 5.26 Å². The number of carbonyl (C=O) groups is 1. The Morgan fingerprint density at radius 3 is 3.00 bits per heavy atom. The zero-order valence-corrected chi connectivity index (χ0v) is 11.5. The third kappa shape index (κ3) is 5.60. The van der Waals surface area contributed by atoms with E-state index in [0.29, 0.717) is 36.0 Å². The molecule has 0 aliphatic carbocycles. The lowest BCUT2D eigenvalue weighted by atomic mass is 10.2. The summed E-state index contributed by atoms with van der Waals surface area (Å²) in [5.41, 5.74) is 0.860. The van der Waals surface area contributed by atoms with Gasteiger partial charge in [-0.25, -0.2) is 4.79 Å². The zero-order chi connectivity index (χ0) is 14.1. The molecule has 0 heterocycles. The first kappa shape index (κ1) is 15.3. The number of amides is 2. The van der Waals surface area contributed by atoms with E-state index in [4.69, 9.17) is 21.6 Å². The highest BCUT2D eigenvalue weighted by Gasteiger charge is 2.04. The molecule has 19 heavy (non-hydrogen) atoms. The molecule has 2 N–H and O–H groups in total. The summed E-state index contributed by atoms with van der Waals surface area (Å²) in [5.74, 6) is 0. The Balaban J connectivity index is 2.38. The van der Waals surface area contributed by atoms with E-state index < -0.39 is 0 Å². The molecule has 6 heteroatoms. The maximum absolute atomic E-state index is 11.6. The third-order valence-electron chi connectivity index (χ3n) is 2.30. The van der Waals surface area contributed by atoms with Gasteiger partial charge in [0.2, 0.25) is 0 Å². The number of nitrogens with zero attached hydrogens (tertiary/aromatic N) is 1. The smallest absolute Gasteiger partial charge is 0.319 e. The molecule has 0 atom stereocenters. The van der Waals surface area contributed by atoms with Crippen LogP contribution in [-0.4, -0.2) is 25.8 Å². The van der Waals surface area contributed by atoms with Gasteiger partial charge in [-0.15, -0.1) is 0 Å². The number of hydrogen-bond donors (Lipinski definition) is 2. The zero-order valence-electron chi connectivity index (χ0n) is 10.7. The van der Waals surface area contributed by atoms with E-state index in [2.05, 4.69) is 10.6 Å². The Bertz CT molecular complexity index is 471. The van der Waals surface area contributed by atoms with Gasteiger partial charge in [0.15, 0.2) is 0 Å². The highest BCUT2D eigenvalue weighted by atomic mass is 35.5. The van der Waals surface area contributed by atoms with Gasteiger partial charge in [0.25, 0.3) is 0 Å². The lowest BCUT2D eigenvalue weighted by Crippen LogP contribution is -2.30. The van der Waals surface area contributed by atoms with Gasteiger partial charge in [0.05, 0.1) is 10.6 Å². The van der Waals surface area contributed by atoms with Crippen LogP contribution < -0.4 is 10.6 Å². The predicted molar refractivity (Wildman–Crippen MR) is 74.3 cm³/mol. The number of nitrogens with one attached hydrogen (secondary N) is 2. The number of anilines is 1. The molecule has 5 nitrogen and oxygen atoms in total. The number of nitriles is 1. The minimum Gasteiger partial charge on any atom is -0.382 e. The van der Waals surface area contributed by atoms with Crippen LogP contribution in [0.15, 0.2) is 18.2 Å². The molecule has 0 aliphatic rings. The van der Waals surface area contributed by atoms with E-state index in [-0.39, 0.29) is 6.03 Å². The van der Waals surface area contributed by atoms with Gasteiger partial charge < -0.3 is 15.4 Å². The Labute approximate surface area is 117 Å². The van der Waals surface area contributed by atoms with Crippen LogP contribution in [0.5, 0.6) is 0 Å². The number of benzene rings is 1.